The summed E-state index contributed by atoms with van der Waals surface area (Å²) >= 11 is 0. The summed E-state index contributed by atoms with van der Waals surface area (Å²) in [6.45, 7) is 3.89. The Morgan fingerprint density at radius 2 is 2.05 bits per heavy atom. The van der Waals surface area contributed by atoms with Crippen LogP contribution < -0.4 is 9.47 Å². The van der Waals surface area contributed by atoms with E-state index in [1.165, 1.54) is 0 Å². The van der Waals surface area contributed by atoms with Crippen molar-refractivity contribution >= 4 is 16.9 Å². The second-order valence-electron chi connectivity index (χ2n) is 4.69. The van der Waals surface area contributed by atoms with Crippen molar-refractivity contribution in [1.29, 1.82) is 0 Å². The van der Waals surface area contributed by atoms with Gasteiger partial charge in [-0.2, -0.15) is 0 Å². The number of aromatic carboxylic acids is 1. The molecule has 0 atom stereocenters. The fraction of sp³-hybridized carbons (Fsp3) is 0.400. The van der Waals surface area contributed by atoms with Gasteiger partial charge in [0.15, 0.2) is 11.5 Å². The fourth-order valence-electron chi connectivity index (χ4n) is 2.65. The first-order chi connectivity index (χ1) is 9.54. The Balaban J connectivity index is 2.87. The number of benzene rings is 1. The molecule has 1 aromatic heterocycles. The lowest BCUT2D eigenvalue weighted by Crippen LogP contribution is -1.99. The molecule has 0 radical (unpaired) electrons. The fourth-order valence-corrected chi connectivity index (χ4v) is 2.65. The second kappa shape index (κ2) is 5.45. The zero-order valence-electron chi connectivity index (χ0n) is 12.2. The van der Waals surface area contributed by atoms with E-state index in [0.717, 1.165) is 34.9 Å². The van der Waals surface area contributed by atoms with E-state index in [9.17, 15) is 9.90 Å². The first-order valence-electron chi connectivity index (χ1n) is 6.54. The summed E-state index contributed by atoms with van der Waals surface area (Å²) in [5.41, 5.74) is 2.70. The Hall–Kier alpha value is -2.17. The average Bonchev–Trinajstić information content (AvgIpc) is 2.75. The maximum Gasteiger partial charge on any atom is 0.352 e. The molecule has 0 saturated carbocycles. The van der Waals surface area contributed by atoms with Gasteiger partial charge >= 0.3 is 5.97 Å². The van der Waals surface area contributed by atoms with Crippen LogP contribution in [0.5, 0.6) is 11.5 Å². The van der Waals surface area contributed by atoms with Crippen LogP contribution in [0.3, 0.4) is 0 Å². The summed E-state index contributed by atoms with van der Waals surface area (Å²) in [6.07, 6.45) is 1.74. The van der Waals surface area contributed by atoms with E-state index in [4.69, 9.17) is 9.47 Å². The largest absolute Gasteiger partial charge is 0.493 e. The Kier molecular flexibility index (Phi) is 3.88. The number of hydrogen-bond donors (Lipinski definition) is 2. The maximum atomic E-state index is 11.3. The van der Waals surface area contributed by atoms with Crippen molar-refractivity contribution < 1.29 is 19.4 Å². The summed E-state index contributed by atoms with van der Waals surface area (Å²) < 4.78 is 10.8. The molecule has 1 heterocycles. The van der Waals surface area contributed by atoms with Gasteiger partial charge in [0.1, 0.15) is 5.69 Å². The topological polar surface area (TPSA) is 71.5 Å². The van der Waals surface area contributed by atoms with E-state index in [1.54, 1.807) is 20.3 Å². The molecular formula is C15H19NO4. The molecule has 20 heavy (non-hydrogen) atoms. The molecule has 0 fully saturated rings. The van der Waals surface area contributed by atoms with Crippen LogP contribution in [0.2, 0.25) is 0 Å². The van der Waals surface area contributed by atoms with Crippen molar-refractivity contribution in [3.63, 3.8) is 0 Å². The van der Waals surface area contributed by atoms with E-state index in [-0.39, 0.29) is 5.69 Å². The van der Waals surface area contributed by atoms with E-state index in [2.05, 4.69) is 11.9 Å². The van der Waals surface area contributed by atoms with Gasteiger partial charge in [0.25, 0.3) is 0 Å². The number of ether oxygens (including phenoxy) is 2. The quantitative estimate of drug-likeness (QED) is 0.880. The van der Waals surface area contributed by atoms with Crippen molar-refractivity contribution in [3.8, 4) is 11.5 Å². The molecule has 5 nitrogen and oxygen atoms in total. The SMILES string of the molecule is CCCc1c(OC)c(OC)cc2[nH]c(C(=O)O)c(C)c12. The molecule has 5 heteroatoms. The van der Waals surface area contributed by atoms with Gasteiger partial charge in [-0.25, -0.2) is 4.79 Å². The highest BCUT2D eigenvalue weighted by Crippen LogP contribution is 2.40. The minimum Gasteiger partial charge on any atom is -0.493 e. The molecular weight excluding hydrogens is 258 g/mol. The summed E-state index contributed by atoms with van der Waals surface area (Å²) in [4.78, 5) is 14.2. The zero-order valence-corrected chi connectivity index (χ0v) is 12.2. The number of H-pyrrole nitrogens is 1. The van der Waals surface area contributed by atoms with Gasteiger partial charge in [-0.05, 0) is 18.9 Å². The molecule has 2 aromatic rings. The smallest absolute Gasteiger partial charge is 0.352 e. The van der Waals surface area contributed by atoms with Gasteiger partial charge in [0, 0.05) is 17.0 Å². The van der Waals surface area contributed by atoms with Crippen LogP contribution in [-0.4, -0.2) is 30.3 Å². The molecule has 0 aliphatic heterocycles. The second-order valence-corrected chi connectivity index (χ2v) is 4.69. The molecule has 0 saturated heterocycles. The van der Waals surface area contributed by atoms with Crippen LogP contribution in [0.4, 0.5) is 0 Å². The lowest BCUT2D eigenvalue weighted by molar-refractivity contribution is 0.0691. The van der Waals surface area contributed by atoms with E-state index < -0.39 is 5.97 Å². The van der Waals surface area contributed by atoms with Crippen molar-refractivity contribution in [2.75, 3.05) is 14.2 Å². The number of aromatic amines is 1. The molecule has 2 N–H and O–H groups in total. The molecule has 0 spiro atoms. The van der Waals surface area contributed by atoms with Crippen molar-refractivity contribution in [2.45, 2.75) is 26.7 Å². The van der Waals surface area contributed by atoms with Crippen LogP contribution in [0.25, 0.3) is 10.9 Å². The highest BCUT2D eigenvalue weighted by Gasteiger charge is 2.21. The van der Waals surface area contributed by atoms with E-state index >= 15 is 0 Å². The third kappa shape index (κ3) is 2.09. The Morgan fingerprint density at radius 1 is 1.35 bits per heavy atom. The standard InChI is InChI=1S/C15H19NO4/c1-5-6-9-12-8(2)13(15(17)18)16-10(12)7-11(19-3)14(9)20-4/h7,16H,5-6H2,1-4H3,(H,17,18). The molecule has 0 aliphatic carbocycles. The van der Waals surface area contributed by atoms with E-state index in [1.807, 2.05) is 6.92 Å². The maximum absolute atomic E-state index is 11.3. The predicted molar refractivity (Wildman–Crippen MR) is 77.1 cm³/mol. The number of fused-ring (bicyclic) bond motifs is 1. The number of nitrogens with one attached hydrogen (secondary N) is 1. The number of aromatic nitrogens is 1. The van der Waals surface area contributed by atoms with Crippen molar-refractivity contribution in [3.05, 3.63) is 22.9 Å². The molecule has 1 aromatic carbocycles. The lowest BCUT2D eigenvalue weighted by atomic mass is 10.00. The lowest BCUT2D eigenvalue weighted by Gasteiger charge is -2.14. The predicted octanol–water partition coefficient (Wildman–Crippen LogP) is 3.14. The molecule has 0 unspecified atom stereocenters. The number of hydrogen-bond acceptors (Lipinski definition) is 3. The summed E-state index contributed by atoms with van der Waals surface area (Å²) in [5.74, 6) is 0.335. The normalized spacial score (nSPS) is 10.8. The van der Waals surface area contributed by atoms with Crippen LogP contribution >= 0.6 is 0 Å². The number of rotatable bonds is 5. The van der Waals surface area contributed by atoms with Crippen LogP contribution in [0, 0.1) is 6.92 Å². The average molecular weight is 277 g/mol. The van der Waals surface area contributed by atoms with Crippen LogP contribution in [0.1, 0.15) is 35.0 Å². The number of carboxylic acid groups (broad SMARTS) is 1. The van der Waals surface area contributed by atoms with Gasteiger partial charge in [0.05, 0.1) is 19.7 Å². The van der Waals surface area contributed by atoms with Gasteiger partial charge in [-0.3, -0.25) is 0 Å². The molecule has 0 amide bonds. The monoisotopic (exact) mass is 277 g/mol. The first kappa shape index (κ1) is 14.2. The van der Waals surface area contributed by atoms with Gasteiger partial charge in [-0.15, -0.1) is 0 Å². The molecule has 0 aliphatic rings. The van der Waals surface area contributed by atoms with Crippen LogP contribution in [-0.2, 0) is 6.42 Å². The number of carboxylic acids is 1. The third-order valence-corrected chi connectivity index (χ3v) is 3.49. The molecule has 0 bridgehead atoms. The van der Waals surface area contributed by atoms with Crippen LogP contribution in [0.15, 0.2) is 6.07 Å². The molecule has 2 rings (SSSR count). The number of methoxy groups -OCH3 is 2. The van der Waals surface area contributed by atoms with Gasteiger partial charge in [-0.1, -0.05) is 13.3 Å². The minimum absolute atomic E-state index is 0.215. The third-order valence-electron chi connectivity index (χ3n) is 3.49. The summed E-state index contributed by atoms with van der Waals surface area (Å²) in [6, 6.07) is 1.78. The number of aryl methyl sites for hydroxylation is 2. The first-order valence-corrected chi connectivity index (χ1v) is 6.54. The number of carbonyl (C=O) groups is 1. The van der Waals surface area contributed by atoms with E-state index in [0.29, 0.717) is 11.5 Å². The van der Waals surface area contributed by atoms with Gasteiger partial charge < -0.3 is 19.6 Å². The van der Waals surface area contributed by atoms with Gasteiger partial charge in [0.2, 0.25) is 0 Å². The van der Waals surface area contributed by atoms with Crippen molar-refractivity contribution in [1.82, 2.24) is 4.98 Å². The zero-order chi connectivity index (χ0) is 14.9. The highest BCUT2D eigenvalue weighted by atomic mass is 16.5. The Labute approximate surface area is 117 Å². The summed E-state index contributed by atoms with van der Waals surface area (Å²) in [7, 11) is 3.18. The Morgan fingerprint density at radius 3 is 2.55 bits per heavy atom. The molecule has 108 valence electrons. The van der Waals surface area contributed by atoms with Crippen molar-refractivity contribution in [2.24, 2.45) is 0 Å². The minimum atomic E-state index is -0.959. The Bertz CT molecular complexity index is 658. The highest BCUT2D eigenvalue weighted by molar-refractivity contribution is 6.00. The summed E-state index contributed by atoms with van der Waals surface area (Å²) in [5, 5.41) is 10.2.